The van der Waals surface area contributed by atoms with E-state index in [0.717, 1.165) is 12.0 Å². The summed E-state index contributed by atoms with van der Waals surface area (Å²) in [7, 11) is 0. The van der Waals surface area contributed by atoms with Gasteiger partial charge in [0.25, 0.3) is 0 Å². The molecule has 2 amide bonds. The normalized spacial score (nSPS) is 16.0. The van der Waals surface area contributed by atoms with Crippen LogP contribution >= 0.6 is 23.2 Å². The Balaban J connectivity index is 2.09. The lowest BCUT2D eigenvalue weighted by atomic mass is 9.74. The molecule has 21 heavy (non-hydrogen) atoms. The van der Waals surface area contributed by atoms with Gasteiger partial charge in [-0.25, -0.2) is 4.79 Å². The van der Waals surface area contributed by atoms with E-state index in [2.05, 4.69) is 10.6 Å². The van der Waals surface area contributed by atoms with Gasteiger partial charge in [-0.05, 0) is 37.8 Å². The minimum absolute atomic E-state index is 0.0876. The van der Waals surface area contributed by atoms with Crippen molar-refractivity contribution in [3.63, 3.8) is 0 Å². The lowest BCUT2D eigenvalue weighted by Crippen LogP contribution is -2.55. The van der Waals surface area contributed by atoms with Crippen molar-refractivity contribution in [2.24, 2.45) is 0 Å². The van der Waals surface area contributed by atoms with Gasteiger partial charge in [0.1, 0.15) is 0 Å². The fraction of sp³-hybridized carbons (Fsp3) is 0.429. The summed E-state index contributed by atoms with van der Waals surface area (Å²) in [5.74, 6) is -0.929. The molecule has 1 aromatic rings. The van der Waals surface area contributed by atoms with Crippen LogP contribution in [0.25, 0.3) is 0 Å². The summed E-state index contributed by atoms with van der Waals surface area (Å²) >= 11 is 12.2. The molecule has 0 spiro atoms. The lowest BCUT2D eigenvalue weighted by molar-refractivity contribution is -0.139. The van der Waals surface area contributed by atoms with Gasteiger partial charge in [0.2, 0.25) is 0 Å². The zero-order valence-corrected chi connectivity index (χ0v) is 13.0. The van der Waals surface area contributed by atoms with E-state index in [4.69, 9.17) is 28.3 Å². The number of rotatable bonds is 4. The van der Waals surface area contributed by atoms with Crippen molar-refractivity contribution in [1.82, 2.24) is 5.32 Å². The van der Waals surface area contributed by atoms with E-state index in [1.54, 1.807) is 19.1 Å². The smallest absolute Gasteiger partial charge is 0.319 e. The molecule has 1 aromatic carbocycles. The largest absolute Gasteiger partial charge is 0.481 e. The first-order valence-electron chi connectivity index (χ1n) is 6.58. The highest BCUT2D eigenvalue weighted by Gasteiger charge is 2.40. The Morgan fingerprint density at radius 3 is 2.52 bits per heavy atom. The first-order valence-corrected chi connectivity index (χ1v) is 7.34. The fourth-order valence-electron chi connectivity index (χ4n) is 2.40. The Kier molecular flexibility index (Phi) is 4.64. The molecule has 7 heteroatoms. The first-order chi connectivity index (χ1) is 9.83. The summed E-state index contributed by atoms with van der Waals surface area (Å²) < 4.78 is 0. The van der Waals surface area contributed by atoms with E-state index in [-0.39, 0.29) is 6.42 Å². The number of urea groups is 1. The molecular formula is C14H16Cl2N2O3. The van der Waals surface area contributed by atoms with Crippen LogP contribution in [0.1, 0.15) is 31.2 Å². The van der Waals surface area contributed by atoms with Gasteiger partial charge in [-0.3, -0.25) is 4.79 Å². The molecule has 5 nitrogen and oxygen atoms in total. The number of benzene rings is 1. The van der Waals surface area contributed by atoms with Gasteiger partial charge in [0.15, 0.2) is 0 Å². The highest BCUT2D eigenvalue weighted by molar-refractivity contribution is 6.40. The Morgan fingerprint density at radius 1 is 1.33 bits per heavy atom. The predicted molar refractivity (Wildman–Crippen MR) is 82.2 cm³/mol. The molecule has 114 valence electrons. The Morgan fingerprint density at radius 2 is 2.00 bits per heavy atom. The fourth-order valence-corrected chi connectivity index (χ4v) is 2.86. The summed E-state index contributed by atoms with van der Waals surface area (Å²) in [5.41, 5.74) is 0.458. The molecule has 0 atom stereocenters. The van der Waals surface area contributed by atoms with E-state index in [1.165, 1.54) is 0 Å². The number of carbonyl (C=O) groups excluding carboxylic acids is 1. The van der Waals surface area contributed by atoms with Crippen LogP contribution in [0.15, 0.2) is 12.1 Å². The molecule has 0 heterocycles. The Labute approximate surface area is 132 Å². The standard InChI is InChI=1S/C14H16Cl2N2O3/c1-8-3-4-9(15)12(11(8)16)17-13(21)18-14(5-2-6-14)7-10(19)20/h3-4H,2,5-7H2,1H3,(H,19,20)(H2,17,18,21). The van der Waals surface area contributed by atoms with E-state index in [9.17, 15) is 9.59 Å². The van der Waals surface area contributed by atoms with Gasteiger partial charge in [0, 0.05) is 0 Å². The Hall–Kier alpha value is -1.46. The molecule has 0 radical (unpaired) electrons. The molecule has 1 aliphatic rings. The summed E-state index contributed by atoms with van der Waals surface area (Å²) in [6.07, 6.45) is 2.12. The number of carbonyl (C=O) groups is 2. The maximum Gasteiger partial charge on any atom is 0.319 e. The minimum atomic E-state index is -0.929. The van der Waals surface area contributed by atoms with Crippen molar-refractivity contribution in [3.8, 4) is 0 Å². The van der Waals surface area contributed by atoms with Crippen LogP contribution in [0.3, 0.4) is 0 Å². The molecule has 0 bridgehead atoms. The van der Waals surface area contributed by atoms with E-state index >= 15 is 0 Å². The minimum Gasteiger partial charge on any atom is -0.481 e. The highest BCUT2D eigenvalue weighted by Crippen LogP contribution is 2.36. The molecule has 0 aromatic heterocycles. The third kappa shape index (κ3) is 3.60. The third-order valence-electron chi connectivity index (χ3n) is 3.70. The van der Waals surface area contributed by atoms with Gasteiger partial charge in [0.05, 0.1) is 27.7 Å². The zero-order valence-electron chi connectivity index (χ0n) is 11.5. The average molecular weight is 331 g/mol. The second kappa shape index (κ2) is 6.12. The van der Waals surface area contributed by atoms with Gasteiger partial charge in [-0.15, -0.1) is 0 Å². The quantitative estimate of drug-likeness (QED) is 0.785. The van der Waals surface area contributed by atoms with Crippen LogP contribution in [0, 0.1) is 6.92 Å². The van der Waals surface area contributed by atoms with E-state index in [1.807, 2.05) is 0 Å². The summed E-state index contributed by atoms with van der Waals surface area (Å²) in [5, 5.41) is 15.0. The van der Waals surface area contributed by atoms with Crippen LogP contribution in [0.4, 0.5) is 10.5 Å². The number of hydrogen-bond acceptors (Lipinski definition) is 2. The summed E-state index contributed by atoms with van der Waals surface area (Å²) in [6.45, 7) is 1.81. The number of carboxylic acids is 1. The van der Waals surface area contributed by atoms with Gasteiger partial charge in [-0.2, -0.15) is 0 Å². The zero-order chi connectivity index (χ0) is 15.6. The molecule has 1 fully saturated rings. The molecule has 0 unspecified atom stereocenters. The number of aryl methyl sites for hydroxylation is 1. The van der Waals surface area contributed by atoms with Crippen LogP contribution in [-0.4, -0.2) is 22.6 Å². The van der Waals surface area contributed by atoms with Crippen molar-refractivity contribution >= 4 is 40.9 Å². The van der Waals surface area contributed by atoms with Crippen LogP contribution < -0.4 is 10.6 Å². The number of amides is 2. The van der Waals surface area contributed by atoms with Crippen molar-refractivity contribution in [3.05, 3.63) is 27.7 Å². The topological polar surface area (TPSA) is 78.4 Å². The van der Waals surface area contributed by atoms with Gasteiger partial charge in [-0.1, -0.05) is 29.3 Å². The second-order valence-electron chi connectivity index (χ2n) is 5.34. The number of anilines is 1. The van der Waals surface area contributed by atoms with Gasteiger partial charge < -0.3 is 15.7 Å². The van der Waals surface area contributed by atoms with E-state index in [0.29, 0.717) is 28.6 Å². The molecule has 1 aliphatic carbocycles. The third-order valence-corrected chi connectivity index (χ3v) is 4.50. The number of aliphatic carboxylic acids is 1. The molecule has 3 N–H and O–H groups in total. The van der Waals surface area contributed by atoms with E-state index < -0.39 is 17.5 Å². The molecular weight excluding hydrogens is 315 g/mol. The molecule has 0 aliphatic heterocycles. The van der Waals surface area contributed by atoms with Crippen molar-refractivity contribution in [2.45, 2.75) is 38.1 Å². The SMILES string of the molecule is Cc1ccc(Cl)c(NC(=O)NC2(CC(=O)O)CCC2)c1Cl. The Bertz CT molecular complexity index is 586. The summed E-state index contributed by atoms with van der Waals surface area (Å²) in [6, 6.07) is 2.91. The van der Waals surface area contributed by atoms with Gasteiger partial charge >= 0.3 is 12.0 Å². The summed E-state index contributed by atoms with van der Waals surface area (Å²) in [4.78, 5) is 23.0. The lowest BCUT2D eigenvalue weighted by Gasteiger charge is -2.41. The van der Waals surface area contributed by atoms with Crippen molar-refractivity contribution < 1.29 is 14.7 Å². The maximum absolute atomic E-state index is 12.1. The van der Waals surface area contributed by atoms with Crippen LogP contribution in [0.5, 0.6) is 0 Å². The number of halogens is 2. The van der Waals surface area contributed by atoms with Crippen molar-refractivity contribution in [2.75, 3.05) is 5.32 Å². The monoisotopic (exact) mass is 330 g/mol. The maximum atomic E-state index is 12.1. The highest BCUT2D eigenvalue weighted by atomic mass is 35.5. The average Bonchev–Trinajstić information content (AvgIpc) is 2.36. The molecule has 1 saturated carbocycles. The number of hydrogen-bond donors (Lipinski definition) is 3. The van der Waals surface area contributed by atoms with Crippen molar-refractivity contribution in [1.29, 1.82) is 0 Å². The first kappa shape index (κ1) is 15.9. The number of nitrogens with one attached hydrogen (secondary N) is 2. The second-order valence-corrected chi connectivity index (χ2v) is 6.12. The predicted octanol–water partition coefficient (Wildman–Crippen LogP) is 3.82. The number of carboxylic acid groups (broad SMARTS) is 1. The molecule has 2 rings (SSSR count). The van der Waals surface area contributed by atoms with Crippen LogP contribution in [0.2, 0.25) is 10.0 Å². The van der Waals surface area contributed by atoms with Crippen LogP contribution in [-0.2, 0) is 4.79 Å². The molecule has 0 saturated heterocycles.